The second-order valence-corrected chi connectivity index (χ2v) is 3.32. The number of esters is 2. The van der Waals surface area contributed by atoms with Crippen molar-refractivity contribution in [2.45, 2.75) is 26.1 Å². The summed E-state index contributed by atoms with van der Waals surface area (Å²) in [6, 6.07) is 0. The van der Waals surface area contributed by atoms with Crippen LogP contribution in [0.5, 0.6) is 0 Å². The Hall–Kier alpha value is -1.67. The van der Waals surface area contributed by atoms with Crippen molar-refractivity contribution in [3.05, 3.63) is 0 Å². The van der Waals surface area contributed by atoms with Gasteiger partial charge in [0.05, 0.1) is 13.2 Å². The predicted octanol–water partition coefficient (Wildman–Crippen LogP) is -1.66. The summed E-state index contributed by atoms with van der Waals surface area (Å²) in [5.74, 6) is -2.51. The van der Waals surface area contributed by atoms with Gasteiger partial charge in [0, 0.05) is 6.92 Å². The van der Waals surface area contributed by atoms with Gasteiger partial charge in [-0.05, 0) is 6.92 Å². The van der Waals surface area contributed by atoms with E-state index in [0.717, 1.165) is 0 Å². The van der Waals surface area contributed by atoms with E-state index in [1.54, 1.807) is 6.92 Å². The summed E-state index contributed by atoms with van der Waals surface area (Å²) in [6.07, 6.45) is -2.75. The molecule has 0 aliphatic heterocycles. The van der Waals surface area contributed by atoms with Gasteiger partial charge in [0.2, 0.25) is 6.10 Å². The van der Waals surface area contributed by atoms with Crippen molar-refractivity contribution < 1.29 is 33.7 Å². The number of amides is 1. The average Bonchev–Trinajstić information content (AvgIpc) is 2.26. The van der Waals surface area contributed by atoms with Crippen molar-refractivity contribution in [2.75, 3.05) is 19.8 Å². The number of aliphatic hydroxyl groups is 1. The maximum Gasteiger partial charge on any atom is 0.345 e. The van der Waals surface area contributed by atoms with E-state index in [0.29, 0.717) is 0 Å². The Morgan fingerprint density at radius 1 is 1.22 bits per heavy atom. The molecule has 0 aromatic carbocycles. The SMILES string of the molecule is CCOC(=O)C(OC[C@@H](O)COC(C)=O)C(N)=O. The number of hydrogen-bond acceptors (Lipinski definition) is 7. The molecule has 0 spiro atoms. The van der Waals surface area contributed by atoms with Gasteiger partial charge < -0.3 is 25.1 Å². The van der Waals surface area contributed by atoms with Gasteiger partial charge in [-0.2, -0.15) is 0 Å². The second kappa shape index (κ2) is 8.43. The number of carbonyl (C=O) groups is 3. The van der Waals surface area contributed by atoms with E-state index in [4.69, 9.17) is 10.5 Å². The molecule has 0 bridgehead atoms. The highest BCUT2D eigenvalue weighted by molar-refractivity contribution is 5.99. The molecule has 0 fully saturated rings. The summed E-state index contributed by atoms with van der Waals surface area (Å²) < 4.78 is 13.9. The zero-order valence-electron chi connectivity index (χ0n) is 10.3. The average molecular weight is 263 g/mol. The number of hydrogen-bond donors (Lipinski definition) is 2. The molecule has 104 valence electrons. The van der Waals surface area contributed by atoms with Crippen LogP contribution in [0.2, 0.25) is 0 Å². The van der Waals surface area contributed by atoms with E-state index < -0.39 is 30.1 Å². The highest BCUT2D eigenvalue weighted by Crippen LogP contribution is 1.98. The summed E-state index contributed by atoms with van der Waals surface area (Å²) in [4.78, 5) is 32.6. The Labute approximate surface area is 104 Å². The van der Waals surface area contributed by atoms with E-state index in [2.05, 4.69) is 9.47 Å². The van der Waals surface area contributed by atoms with Crippen LogP contribution in [0.4, 0.5) is 0 Å². The topological polar surface area (TPSA) is 125 Å². The quantitative estimate of drug-likeness (QED) is 0.396. The molecular weight excluding hydrogens is 246 g/mol. The largest absolute Gasteiger partial charge is 0.464 e. The molecule has 0 aromatic rings. The van der Waals surface area contributed by atoms with Gasteiger partial charge in [-0.15, -0.1) is 0 Å². The van der Waals surface area contributed by atoms with E-state index in [-0.39, 0.29) is 19.8 Å². The van der Waals surface area contributed by atoms with Crippen molar-refractivity contribution in [1.82, 2.24) is 0 Å². The lowest BCUT2D eigenvalue weighted by Gasteiger charge is -2.16. The van der Waals surface area contributed by atoms with E-state index >= 15 is 0 Å². The molecule has 8 nitrogen and oxygen atoms in total. The molecule has 1 unspecified atom stereocenters. The van der Waals surface area contributed by atoms with Crippen LogP contribution in [0.1, 0.15) is 13.8 Å². The third kappa shape index (κ3) is 6.81. The number of rotatable bonds is 8. The van der Waals surface area contributed by atoms with Gasteiger partial charge in [-0.25, -0.2) is 4.79 Å². The van der Waals surface area contributed by atoms with Crippen LogP contribution >= 0.6 is 0 Å². The fraction of sp³-hybridized carbons (Fsp3) is 0.700. The number of carbonyl (C=O) groups excluding carboxylic acids is 3. The minimum atomic E-state index is -1.59. The van der Waals surface area contributed by atoms with Crippen molar-refractivity contribution >= 4 is 17.8 Å². The third-order valence-electron chi connectivity index (χ3n) is 1.69. The summed E-state index contributed by atoms with van der Waals surface area (Å²) in [6.45, 7) is 2.12. The number of ether oxygens (including phenoxy) is 3. The molecule has 3 N–H and O–H groups in total. The van der Waals surface area contributed by atoms with Crippen molar-refractivity contribution in [3.8, 4) is 0 Å². The highest BCUT2D eigenvalue weighted by Gasteiger charge is 2.27. The molecule has 0 aliphatic rings. The second-order valence-electron chi connectivity index (χ2n) is 3.32. The Kier molecular flexibility index (Phi) is 7.64. The fourth-order valence-corrected chi connectivity index (χ4v) is 0.953. The molecule has 0 radical (unpaired) electrons. The van der Waals surface area contributed by atoms with E-state index in [1.807, 2.05) is 0 Å². The molecule has 0 saturated carbocycles. The molecular formula is C10H17NO7. The van der Waals surface area contributed by atoms with Crippen molar-refractivity contribution in [2.24, 2.45) is 5.73 Å². The first-order chi connectivity index (χ1) is 8.38. The molecule has 0 aromatic heterocycles. The standard InChI is InChI=1S/C10H17NO7/c1-3-16-10(15)8(9(11)14)18-5-7(13)4-17-6(2)12/h7-8,13H,3-5H2,1-2H3,(H2,11,14)/t7-,8?/m0/s1. The Morgan fingerprint density at radius 2 is 1.83 bits per heavy atom. The summed E-state index contributed by atoms with van der Waals surface area (Å²) in [7, 11) is 0. The smallest absolute Gasteiger partial charge is 0.345 e. The first-order valence-electron chi connectivity index (χ1n) is 5.27. The number of primary amides is 1. The normalized spacial score (nSPS) is 13.5. The fourth-order valence-electron chi connectivity index (χ4n) is 0.953. The first kappa shape index (κ1) is 16.3. The molecule has 0 heterocycles. The Balaban J connectivity index is 4.15. The van der Waals surface area contributed by atoms with Gasteiger partial charge in [0.25, 0.3) is 5.91 Å². The third-order valence-corrected chi connectivity index (χ3v) is 1.69. The maximum atomic E-state index is 11.2. The van der Waals surface area contributed by atoms with Crippen LogP contribution in [0.15, 0.2) is 0 Å². The lowest BCUT2D eigenvalue weighted by atomic mass is 10.3. The van der Waals surface area contributed by atoms with Crippen molar-refractivity contribution in [1.29, 1.82) is 0 Å². The monoisotopic (exact) mass is 263 g/mol. The van der Waals surface area contributed by atoms with Crippen LogP contribution in [0.25, 0.3) is 0 Å². The summed E-state index contributed by atoms with van der Waals surface area (Å²) >= 11 is 0. The summed E-state index contributed by atoms with van der Waals surface area (Å²) in [5.41, 5.74) is 4.94. The molecule has 2 atom stereocenters. The van der Waals surface area contributed by atoms with Crippen LogP contribution in [0, 0.1) is 0 Å². The molecule has 0 saturated heterocycles. The van der Waals surface area contributed by atoms with Gasteiger partial charge in [0.1, 0.15) is 12.7 Å². The lowest BCUT2D eigenvalue weighted by molar-refractivity contribution is -0.165. The summed E-state index contributed by atoms with van der Waals surface area (Å²) in [5, 5.41) is 9.33. The Morgan fingerprint density at radius 3 is 2.28 bits per heavy atom. The van der Waals surface area contributed by atoms with Gasteiger partial charge >= 0.3 is 11.9 Å². The van der Waals surface area contributed by atoms with Crippen LogP contribution in [-0.2, 0) is 28.6 Å². The van der Waals surface area contributed by atoms with Gasteiger partial charge in [-0.3, -0.25) is 9.59 Å². The maximum absolute atomic E-state index is 11.2. The number of aliphatic hydroxyl groups excluding tert-OH is 1. The predicted molar refractivity (Wildman–Crippen MR) is 58.2 cm³/mol. The Bertz CT molecular complexity index is 305. The first-order valence-corrected chi connectivity index (χ1v) is 5.27. The van der Waals surface area contributed by atoms with E-state index in [9.17, 15) is 19.5 Å². The van der Waals surface area contributed by atoms with Crippen LogP contribution < -0.4 is 5.73 Å². The molecule has 0 aliphatic carbocycles. The van der Waals surface area contributed by atoms with Crippen molar-refractivity contribution in [3.63, 3.8) is 0 Å². The van der Waals surface area contributed by atoms with Crippen LogP contribution in [0.3, 0.4) is 0 Å². The molecule has 1 amide bonds. The molecule has 8 heteroatoms. The van der Waals surface area contributed by atoms with Crippen LogP contribution in [-0.4, -0.2) is 55.0 Å². The zero-order chi connectivity index (χ0) is 14.1. The van der Waals surface area contributed by atoms with Gasteiger partial charge in [-0.1, -0.05) is 0 Å². The minimum Gasteiger partial charge on any atom is -0.464 e. The van der Waals surface area contributed by atoms with E-state index in [1.165, 1.54) is 6.92 Å². The zero-order valence-corrected chi connectivity index (χ0v) is 10.3. The molecule has 0 rings (SSSR count). The highest BCUT2D eigenvalue weighted by atomic mass is 16.6. The lowest BCUT2D eigenvalue weighted by Crippen LogP contribution is -2.41. The molecule has 18 heavy (non-hydrogen) atoms. The van der Waals surface area contributed by atoms with Gasteiger partial charge in [0.15, 0.2) is 0 Å². The minimum absolute atomic E-state index is 0.0714. The number of nitrogens with two attached hydrogens (primary N) is 1.